The van der Waals surface area contributed by atoms with Gasteiger partial charge in [0.1, 0.15) is 19.8 Å². The van der Waals surface area contributed by atoms with Gasteiger partial charge in [-0.15, -0.1) is 0 Å². The van der Waals surface area contributed by atoms with Crippen LogP contribution in [0.4, 0.5) is 0 Å². The van der Waals surface area contributed by atoms with E-state index in [0.717, 1.165) is 38.5 Å². The molecule has 2 atom stereocenters. The first-order valence-corrected chi connectivity index (χ1v) is 40.6. The summed E-state index contributed by atoms with van der Waals surface area (Å²) in [6, 6.07) is 0. The lowest BCUT2D eigenvalue weighted by molar-refractivity contribution is -0.870. The van der Waals surface area contributed by atoms with Crippen LogP contribution >= 0.6 is 7.82 Å². The van der Waals surface area contributed by atoms with Crippen molar-refractivity contribution in [3.63, 3.8) is 0 Å². The van der Waals surface area contributed by atoms with Gasteiger partial charge in [0.25, 0.3) is 0 Å². The maximum atomic E-state index is 12.9. The lowest BCUT2D eigenvalue weighted by atomic mass is 10.0. The van der Waals surface area contributed by atoms with E-state index in [1.54, 1.807) is 0 Å². The summed E-state index contributed by atoms with van der Waals surface area (Å²) in [7, 11) is 1.50. The molecule has 0 saturated heterocycles. The second kappa shape index (κ2) is 69.8. The smallest absolute Gasteiger partial charge is 0.462 e. The van der Waals surface area contributed by atoms with E-state index in [1.165, 1.54) is 347 Å². The van der Waals surface area contributed by atoms with E-state index >= 15 is 0 Å². The lowest BCUT2D eigenvalue weighted by Crippen LogP contribution is -2.37. The topological polar surface area (TPSA) is 108 Å². The Morgan fingerprint density at radius 3 is 0.841 bits per heavy atom. The van der Waals surface area contributed by atoms with E-state index in [4.69, 9.17) is 18.5 Å². The van der Waals surface area contributed by atoms with E-state index in [0.29, 0.717) is 17.4 Å². The predicted octanol–water partition coefficient (Wildman–Crippen LogP) is 25.6. The molecule has 0 aliphatic carbocycles. The number of phosphoric acid groups is 1. The molecule has 0 bridgehead atoms. The number of ether oxygens (including phenoxy) is 2. The fourth-order valence-electron chi connectivity index (χ4n) is 12.0. The molecule has 1 N–H and O–H groups in total. The average Bonchev–Trinajstić information content (AvgIpc) is 3.68. The van der Waals surface area contributed by atoms with Crippen molar-refractivity contribution >= 4 is 19.8 Å². The third-order valence-corrected chi connectivity index (χ3v) is 18.9. The van der Waals surface area contributed by atoms with Crippen molar-refractivity contribution in [3.8, 4) is 0 Å². The number of esters is 2. The number of carbonyl (C=O) groups is 2. The van der Waals surface area contributed by atoms with E-state index in [1.807, 2.05) is 21.1 Å². The van der Waals surface area contributed by atoms with E-state index < -0.39 is 26.5 Å². The van der Waals surface area contributed by atoms with Crippen LogP contribution in [0, 0.1) is 0 Å². The fraction of sp³-hybridized carbons (Fsp3) is 0.923. The molecule has 0 saturated carbocycles. The monoisotopic (exact) mass is 1260 g/mol. The van der Waals surface area contributed by atoms with Crippen molar-refractivity contribution in [1.82, 2.24) is 0 Å². The number of quaternary nitrogens is 1. The van der Waals surface area contributed by atoms with Crippen molar-refractivity contribution in [3.05, 3.63) is 24.3 Å². The van der Waals surface area contributed by atoms with Gasteiger partial charge in [0.15, 0.2) is 6.10 Å². The molecule has 0 heterocycles. The molecule has 0 aliphatic rings. The molecule has 0 fully saturated rings. The van der Waals surface area contributed by atoms with Gasteiger partial charge in [0, 0.05) is 12.8 Å². The summed E-state index contributed by atoms with van der Waals surface area (Å²) in [5.74, 6) is -0.772. The quantitative estimate of drug-likeness (QED) is 0.0211. The summed E-state index contributed by atoms with van der Waals surface area (Å²) in [5.41, 5.74) is 0. The fourth-order valence-corrected chi connectivity index (χ4v) is 12.7. The van der Waals surface area contributed by atoms with Gasteiger partial charge in [-0.05, 0) is 64.2 Å². The van der Waals surface area contributed by atoms with Crippen LogP contribution in [0.15, 0.2) is 24.3 Å². The number of hydrogen-bond donors (Lipinski definition) is 1. The van der Waals surface area contributed by atoms with Gasteiger partial charge < -0.3 is 18.9 Å². The number of phosphoric ester groups is 1. The largest absolute Gasteiger partial charge is 0.472 e. The first kappa shape index (κ1) is 86.5. The second-order valence-corrected chi connectivity index (χ2v) is 29.5. The number of likely N-dealkylation sites (N-methyl/N-ethyl adjacent to an activating group) is 1. The second-order valence-electron chi connectivity index (χ2n) is 28.1. The third kappa shape index (κ3) is 73.5. The van der Waals surface area contributed by atoms with Gasteiger partial charge in [-0.2, -0.15) is 0 Å². The summed E-state index contributed by atoms with van der Waals surface area (Å²) in [5, 5.41) is 0. The van der Waals surface area contributed by atoms with Gasteiger partial charge in [0.05, 0.1) is 27.7 Å². The highest BCUT2D eigenvalue weighted by Crippen LogP contribution is 2.43. The molecule has 0 aromatic carbocycles. The number of nitrogens with zero attached hydrogens (tertiary/aromatic N) is 1. The zero-order valence-electron chi connectivity index (χ0n) is 59.8. The van der Waals surface area contributed by atoms with Crippen LogP contribution in [-0.4, -0.2) is 74.9 Å². The van der Waals surface area contributed by atoms with E-state index in [2.05, 4.69) is 38.2 Å². The minimum absolute atomic E-state index is 0.0356. The highest BCUT2D eigenvalue weighted by molar-refractivity contribution is 7.47. The molecule has 10 heteroatoms. The Kier molecular flexibility index (Phi) is 68.6. The molecule has 0 radical (unpaired) electrons. The maximum absolute atomic E-state index is 12.9. The summed E-state index contributed by atoms with van der Waals surface area (Å²) in [4.78, 5) is 35.9. The van der Waals surface area contributed by atoms with E-state index in [-0.39, 0.29) is 25.6 Å². The zero-order valence-corrected chi connectivity index (χ0v) is 60.6. The normalized spacial score (nSPS) is 13.1. The number of carbonyl (C=O) groups excluding carboxylic acids is 2. The first-order valence-electron chi connectivity index (χ1n) is 39.1. The third-order valence-electron chi connectivity index (χ3n) is 18.0. The van der Waals surface area contributed by atoms with Crippen LogP contribution < -0.4 is 0 Å². The van der Waals surface area contributed by atoms with Crippen LogP contribution in [0.3, 0.4) is 0 Å². The Balaban J connectivity index is 3.89. The number of allylic oxidation sites excluding steroid dienone is 4. The maximum Gasteiger partial charge on any atom is 0.472 e. The predicted molar refractivity (Wildman–Crippen MR) is 381 cm³/mol. The number of rotatable bonds is 74. The van der Waals surface area contributed by atoms with Gasteiger partial charge in [-0.1, -0.05) is 359 Å². The Bertz CT molecular complexity index is 1530. The summed E-state index contributed by atoms with van der Waals surface area (Å²) < 4.78 is 34.8. The van der Waals surface area contributed by atoms with E-state index in [9.17, 15) is 19.0 Å². The minimum Gasteiger partial charge on any atom is -0.462 e. The standard InChI is InChI=1S/C78H152NO8P/c1-6-8-10-12-14-16-18-20-22-24-26-28-30-32-33-34-35-36-37-38-39-40-41-42-43-44-45-47-49-51-53-55-57-59-61-63-65-67-69-71-78(81)87-76(75-86-88(82,83)85-73-72-79(3,4)5)74-84-77(80)70-68-66-64-62-60-58-56-54-52-50-48-46-31-29-27-25-23-21-19-17-15-13-11-9-7-2/h24-27,76H,6-23,28-75H2,1-5H3/p+1/b26-24-,27-25-. The molecule has 0 aromatic heterocycles. The van der Waals surface area contributed by atoms with Crippen LogP contribution in [0.5, 0.6) is 0 Å². The summed E-state index contributed by atoms with van der Waals surface area (Å²) >= 11 is 0. The molecule has 0 amide bonds. The first-order chi connectivity index (χ1) is 43.0. The molecule has 0 rings (SSSR count). The molecule has 522 valence electrons. The van der Waals surface area contributed by atoms with Gasteiger partial charge in [-0.3, -0.25) is 18.6 Å². The van der Waals surface area contributed by atoms with Crippen molar-refractivity contribution in [2.75, 3.05) is 47.5 Å². The highest BCUT2D eigenvalue weighted by atomic mass is 31.2. The molecule has 0 aromatic rings. The van der Waals surface area contributed by atoms with Crippen molar-refractivity contribution < 1.29 is 42.1 Å². The van der Waals surface area contributed by atoms with Crippen LogP contribution in [-0.2, 0) is 32.7 Å². The van der Waals surface area contributed by atoms with Crippen LogP contribution in [0.1, 0.15) is 412 Å². The van der Waals surface area contributed by atoms with Crippen molar-refractivity contribution in [1.29, 1.82) is 0 Å². The molecule has 2 unspecified atom stereocenters. The molecular formula is C78H153NO8P+. The van der Waals surface area contributed by atoms with Crippen molar-refractivity contribution in [2.24, 2.45) is 0 Å². The Morgan fingerprint density at radius 1 is 0.341 bits per heavy atom. The van der Waals surface area contributed by atoms with Crippen LogP contribution in [0.2, 0.25) is 0 Å². The highest BCUT2D eigenvalue weighted by Gasteiger charge is 2.27. The van der Waals surface area contributed by atoms with Crippen molar-refractivity contribution in [2.45, 2.75) is 418 Å². The molecule has 9 nitrogen and oxygen atoms in total. The Labute approximate surface area is 549 Å². The molecule has 0 aliphatic heterocycles. The Morgan fingerprint density at radius 2 is 0.580 bits per heavy atom. The minimum atomic E-state index is -4.39. The number of unbranched alkanes of at least 4 members (excludes halogenated alkanes) is 56. The summed E-state index contributed by atoms with van der Waals surface area (Å²) in [6.07, 6.45) is 89.0. The summed E-state index contributed by atoms with van der Waals surface area (Å²) in [6.45, 7) is 4.51. The van der Waals surface area contributed by atoms with Gasteiger partial charge in [0.2, 0.25) is 0 Å². The van der Waals surface area contributed by atoms with Gasteiger partial charge in [-0.25, -0.2) is 4.57 Å². The van der Waals surface area contributed by atoms with Crippen LogP contribution in [0.25, 0.3) is 0 Å². The SMILES string of the molecule is CCCCCCCCCC/C=C\CCCCCCCCCCCCCCCCCCCCCCCCCCCCCC(=O)OC(COC(=O)CCCCCCCCCCCCCCC/C=C\CCCCCCCCCC)COP(=O)(O)OCC[N+](C)(C)C. The van der Waals surface area contributed by atoms with Gasteiger partial charge >= 0.3 is 19.8 Å². The lowest BCUT2D eigenvalue weighted by Gasteiger charge is -2.24. The Hall–Kier alpha value is -1.51. The molecule has 0 spiro atoms. The average molecular weight is 1260 g/mol. The number of hydrogen-bond acceptors (Lipinski definition) is 7. The molecular weight excluding hydrogens is 1110 g/mol. The molecule has 88 heavy (non-hydrogen) atoms. The zero-order chi connectivity index (χ0) is 64.1.